The molecule has 186 valence electrons. The number of sulfonamides is 1. The number of nitrogen functional groups attached to an aromatic ring is 1. The van der Waals surface area contributed by atoms with E-state index in [2.05, 4.69) is 10.2 Å². The van der Waals surface area contributed by atoms with Crippen LogP contribution < -0.4 is 15.1 Å². The number of anilines is 2. The number of benzene rings is 4. The van der Waals surface area contributed by atoms with Gasteiger partial charge in [0, 0.05) is 11.9 Å². The third-order valence-corrected chi connectivity index (χ3v) is 8.16. The van der Waals surface area contributed by atoms with E-state index >= 15 is 0 Å². The number of nitrogens with two attached hydrogens (primary N) is 1. The van der Waals surface area contributed by atoms with Gasteiger partial charge in [-0.3, -0.25) is 8.86 Å². The van der Waals surface area contributed by atoms with Crippen LogP contribution in [-0.4, -0.2) is 27.9 Å². The second-order valence-corrected chi connectivity index (χ2v) is 10.9. The van der Waals surface area contributed by atoms with Crippen molar-refractivity contribution < 1.29 is 26.5 Å². The van der Waals surface area contributed by atoms with Crippen LogP contribution in [0.1, 0.15) is 6.92 Å². The molecule has 0 saturated heterocycles. The maximum atomic E-state index is 13.5. The van der Waals surface area contributed by atoms with Crippen molar-refractivity contribution in [2.24, 2.45) is 10.2 Å². The Morgan fingerprint density at radius 1 is 0.917 bits per heavy atom. The Hall–Kier alpha value is -4.00. The molecule has 0 unspecified atom stereocenters. The molecule has 0 amide bonds. The van der Waals surface area contributed by atoms with Gasteiger partial charge in [0.2, 0.25) is 0 Å². The predicted octanol–water partition coefficient (Wildman–Crippen LogP) is 4.37. The van der Waals surface area contributed by atoms with E-state index in [-0.39, 0.29) is 39.3 Å². The standard InChI is InChI=1S/C24H22N4O6S2/c1-2-28(17-8-4-3-5-9-17)35(30,31)22-11-7-6-10-20(22)26-27-24-19(25)13-12-16-14-18(36(32,33)34)15-21(29)23(16)24/h3-15,29H,2,25H2,1H3,(H,32,33,34)/p-1. The van der Waals surface area contributed by atoms with Crippen LogP contribution in [0.3, 0.4) is 0 Å². The zero-order valence-electron chi connectivity index (χ0n) is 18.9. The lowest BCUT2D eigenvalue weighted by molar-refractivity contribution is -0.266. The minimum atomic E-state index is -4.61. The first-order valence-electron chi connectivity index (χ1n) is 10.6. The highest BCUT2D eigenvalue weighted by Gasteiger charge is 2.26. The van der Waals surface area contributed by atoms with Gasteiger partial charge in [-0.05, 0) is 54.8 Å². The molecule has 0 heterocycles. The molecule has 0 saturated carbocycles. The van der Waals surface area contributed by atoms with Crippen LogP contribution >= 0.6 is 0 Å². The highest BCUT2D eigenvalue weighted by Crippen LogP contribution is 2.40. The molecule has 10 nitrogen and oxygen atoms in total. The van der Waals surface area contributed by atoms with E-state index in [0.717, 1.165) is 12.1 Å². The van der Waals surface area contributed by atoms with Crippen molar-refractivity contribution in [1.29, 1.82) is 0 Å². The summed E-state index contributed by atoms with van der Waals surface area (Å²) < 4.78 is 60.6. The van der Waals surface area contributed by atoms with E-state index in [9.17, 15) is 26.5 Å². The maximum Gasteiger partial charge on any atom is 0.294 e. The highest BCUT2D eigenvalue weighted by atomic mass is 32.2. The zero-order valence-corrected chi connectivity index (χ0v) is 20.6. The quantitative estimate of drug-likeness (QED) is 0.205. The van der Waals surface area contributed by atoms with Crippen LogP contribution in [0.25, 0.3) is 10.8 Å². The Morgan fingerprint density at radius 3 is 2.25 bits per heavy atom. The van der Waals surface area contributed by atoms with E-state index in [4.69, 9.17) is 5.73 Å². The Kier molecular flexibility index (Phi) is 6.67. The third-order valence-electron chi connectivity index (χ3n) is 5.38. The average Bonchev–Trinajstić information content (AvgIpc) is 2.84. The van der Waals surface area contributed by atoms with Crippen LogP contribution in [0.4, 0.5) is 22.7 Å². The van der Waals surface area contributed by atoms with E-state index in [1.165, 1.54) is 28.6 Å². The number of azo groups is 1. The van der Waals surface area contributed by atoms with Gasteiger partial charge in [-0.1, -0.05) is 42.1 Å². The minimum Gasteiger partial charge on any atom is -0.872 e. The first-order valence-corrected chi connectivity index (χ1v) is 13.5. The van der Waals surface area contributed by atoms with Gasteiger partial charge in [-0.25, -0.2) is 8.42 Å². The lowest BCUT2D eigenvalue weighted by Crippen LogP contribution is -2.30. The van der Waals surface area contributed by atoms with Crippen molar-refractivity contribution in [1.82, 2.24) is 0 Å². The number of hydrogen-bond donors (Lipinski definition) is 2. The van der Waals surface area contributed by atoms with Gasteiger partial charge >= 0.3 is 0 Å². The van der Waals surface area contributed by atoms with Crippen LogP contribution in [0.15, 0.2) is 98.9 Å². The van der Waals surface area contributed by atoms with E-state index in [0.29, 0.717) is 5.69 Å². The number of hydrogen-bond acceptors (Lipinski definition) is 8. The summed E-state index contributed by atoms with van der Waals surface area (Å²) in [6.45, 7) is 1.88. The van der Waals surface area contributed by atoms with Gasteiger partial charge in [0.15, 0.2) is 0 Å². The Labute approximate surface area is 208 Å². The Morgan fingerprint density at radius 2 is 1.58 bits per heavy atom. The van der Waals surface area contributed by atoms with E-state index < -0.39 is 30.8 Å². The van der Waals surface area contributed by atoms with Crippen molar-refractivity contribution in [3.63, 3.8) is 0 Å². The predicted molar refractivity (Wildman–Crippen MR) is 135 cm³/mol. The summed E-state index contributed by atoms with van der Waals surface area (Å²) in [6.07, 6.45) is 0. The van der Waals surface area contributed by atoms with E-state index in [1.54, 1.807) is 49.4 Å². The minimum absolute atomic E-state index is 0.0188. The molecule has 0 aliphatic carbocycles. The SMILES string of the molecule is CCN(c1ccccc1)S(=O)(=O)c1ccccc1N=Nc1c(N)ccc2cc(S(=O)(=O)O)cc([O-])c12. The first-order chi connectivity index (χ1) is 17.0. The lowest BCUT2D eigenvalue weighted by Gasteiger charge is -2.23. The largest absolute Gasteiger partial charge is 0.872 e. The van der Waals surface area contributed by atoms with Gasteiger partial charge in [0.05, 0.1) is 16.3 Å². The third kappa shape index (κ3) is 4.73. The lowest BCUT2D eigenvalue weighted by atomic mass is 10.1. The molecule has 0 bridgehead atoms. The first kappa shape index (κ1) is 25.1. The number of nitrogens with zero attached hydrogens (tertiary/aromatic N) is 3. The van der Waals surface area contributed by atoms with Crippen LogP contribution in [-0.2, 0) is 20.1 Å². The summed E-state index contributed by atoms with van der Waals surface area (Å²) in [6, 6.07) is 19.3. The molecular weight excluding hydrogens is 504 g/mol. The molecule has 36 heavy (non-hydrogen) atoms. The van der Waals surface area contributed by atoms with Crippen LogP contribution in [0.2, 0.25) is 0 Å². The molecule has 0 aromatic heterocycles. The van der Waals surface area contributed by atoms with Crippen molar-refractivity contribution in [2.45, 2.75) is 16.7 Å². The van der Waals surface area contributed by atoms with Crippen molar-refractivity contribution in [3.05, 3.63) is 78.9 Å². The highest BCUT2D eigenvalue weighted by molar-refractivity contribution is 7.93. The fourth-order valence-electron chi connectivity index (χ4n) is 3.72. The molecule has 3 N–H and O–H groups in total. The number of rotatable bonds is 7. The molecule has 12 heteroatoms. The maximum absolute atomic E-state index is 13.5. The number of fused-ring (bicyclic) bond motifs is 1. The summed E-state index contributed by atoms with van der Waals surface area (Å²) in [5, 5.41) is 21.1. The molecule has 4 rings (SSSR count). The monoisotopic (exact) mass is 525 g/mol. The molecule has 0 atom stereocenters. The Balaban J connectivity index is 1.84. The van der Waals surface area contributed by atoms with Crippen LogP contribution in [0.5, 0.6) is 5.75 Å². The van der Waals surface area contributed by atoms with Crippen molar-refractivity contribution >= 4 is 53.7 Å². The summed E-state index contributed by atoms with van der Waals surface area (Å²) in [4.78, 5) is -0.668. The van der Waals surface area contributed by atoms with Crippen molar-refractivity contribution in [3.8, 4) is 5.75 Å². The summed E-state index contributed by atoms with van der Waals surface area (Å²) in [5.41, 5.74) is 6.55. The molecule has 4 aromatic rings. The molecule has 0 fully saturated rings. The molecule has 4 aromatic carbocycles. The van der Waals surface area contributed by atoms with Gasteiger partial charge in [-0.2, -0.15) is 8.42 Å². The second-order valence-electron chi connectivity index (χ2n) is 7.67. The van der Waals surface area contributed by atoms with E-state index in [1.807, 2.05) is 0 Å². The van der Waals surface area contributed by atoms with Gasteiger partial charge in [-0.15, -0.1) is 10.2 Å². The molecular formula is C24H21N4O6S2-. The molecule has 0 aliphatic rings. The fourth-order valence-corrected chi connectivity index (χ4v) is 5.85. The molecule has 0 aliphatic heterocycles. The summed E-state index contributed by atoms with van der Waals surface area (Å²) >= 11 is 0. The number of para-hydroxylation sites is 1. The molecule has 0 radical (unpaired) electrons. The summed E-state index contributed by atoms with van der Waals surface area (Å²) in [7, 11) is -8.64. The fraction of sp³-hybridized carbons (Fsp3) is 0.0833. The molecule has 0 spiro atoms. The Bertz CT molecular complexity index is 1690. The second kappa shape index (κ2) is 9.57. The van der Waals surface area contributed by atoms with Crippen molar-refractivity contribution in [2.75, 3.05) is 16.6 Å². The van der Waals surface area contributed by atoms with Crippen LogP contribution in [0, 0.1) is 0 Å². The smallest absolute Gasteiger partial charge is 0.294 e. The topological polar surface area (TPSA) is 166 Å². The summed E-state index contributed by atoms with van der Waals surface area (Å²) in [5.74, 6) is -0.747. The van der Waals surface area contributed by atoms with Gasteiger partial charge in [0.1, 0.15) is 16.3 Å². The average molecular weight is 526 g/mol. The normalized spacial score (nSPS) is 12.3. The zero-order chi connectivity index (χ0) is 26.1. The van der Waals surface area contributed by atoms with Gasteiger partial charge in [0.25, 0.3) is 20.1 Å². The van der Waals surface area contributed by atoms with Gasteiger partial charge < -0.3 is 10.8 Å².